The van der Waals surface area contributed by atoms with Crippen LogP contribution in [0.1, 0.15) is 6.92 Å². The van der Waals surface area contributed by atoms with Gasteiger partial charge in [0.15, 0.2) is 5.82 Å². The summed E-state index contributed by atoms with van der Waals surface area (Å²) in [4.78, 5) is 15.0. The lowest BCUT2D eigenvalue weighted by Gasteiger charge is -2.35. The highest BCUT2D eigenvalue weighted by Gasteiger charge is 2.20. The fraction of sp³-hybridized carbons (Fsp3) is 0.417. The van der Waals surface area contributed by atoms with Crippen molar-refractivity contribution < 1.29 is 9.18 Å². The van der Waals surface area contributed by atoms with E-state index in [9.17, 15) is 9.18 Å². The first-order chi connectivity index (χ1) is 8.49. The third-order valence-electron chi connectivity index (χ3n) is 3.13. The highest BCUT2D eigenvalue weighted by atomic mass is 35.5. The molecule has 4 nitrogen and oxygen atoms in total. The number of nitrogens with zero attached hydrogens (tertiary/aromatic N) is 2. The zero-order chi connectivity index (χ0) is 13.3. The Bertz CT molecular complexity index is 449. The Morgan fingerprint density at radius 2 is 1.94 bits per heavy atom. The topological polar surface area (TPSA) is 49.6 Å². The van der Waals surface area contributed by atoms with Crippen LogP contribution in [0.2, 0.25) is 5.02 Å². The van der Waals surface area contributed by atoms with E-state index in [0.29, 0.717) is 26.2 Å². The number of piperazine rings is 1. The van der Waals surface area contributed by atoms with Crippen LogP contribution in [0, 0.1) is 5.82 Å². The summed E-state index contributed by atoms with van der Waals surface area (Å²) in [5, 5.41) is 0.0268. The first kappa shape index (κ1) is 13.0. The number of hydrogen-bond donors (Lipinski definition) is 1. The van der Waals surface area contributed by atoms with E-state index in [-0.39, 0.29) is 16.6 Å². The van der Waals surface area contributed by atoms with Crippen molar-refractivity contribution in [2.24, 2.45) is 0 Å². The Hall–Kier alpha value is -1.49. The predicted octanol–water partition coefficient (Wildman–Crippen LogP) is 1.73. The van der Waals surface area contributed by atoms with E-state index in [1.165, 1.54) is 0 Å². The monoisotopic (exact) mass is 271 g/mol. The van der Waals surface area contributed by atoms with Crippen molar-refractivity contribution in [3.05, 3.63) is 23.0 Å². The summed E-state index contributed by atoms with van der Waals surface area (Å²) in [5.74, 6) is -0.505. The van der Waals surface area contributed by atoms with E-state index >= 15 is 0 Å². The molecule has 0 radical (unpaired) electrons. The maximum Gasteiger partial charge on any atom is 0.219 e. The minimum Gasteiger partial charge on any atom is -0.396 e. The first-order valence-corrected chi connectivity index (χ1v) is 6.12. The third kappa shape index (κ3) is 2.51. The SMILES string of the molecule is CC(=O)N1CCN(c2cc(N)c(F)c(Cl)c2)CC1. The lowest BCUT2D eigenvalue weighted by atomic mass is 10.2. The minimum atomic E-state index is -0.581. The lowest BCUT2D eigenvalue weighted by molar-refractivity contribution is -0.129. The average molecular weight is 272 g/mol. The van der Waals surface area contributed by atoms with Crippen LogP contribution < -0.4 is 10.6 Å². The number of carbonyl (C=O) groups excluding carboxylic acids is 1. The van der Waals surface area contributed by atoms with E-state index in [1.54, 1.807) is 24.0 Å². The number of halogens is 2. The number of nitrogens with two attached hydrogens (primary N) is 1. The van der Waals surface area contributed by atoms with Gasteiger partial charge in [0.25, 0.3) is 0 Å². The molecular formula is C12H15ClFN3O. The zero-order valence-corrected chi connectivity index (χ0v) is 10.9. The van der Waals surface area contributed by atoms with Gasteiger partial charge in [-0.25, -0.2) is 4.39 Å². The van der Waals surface area contributed by atoms with Gasteiger partial charge in [0.2, 0.25) is 5.91 Å². The van der Waals surface area contributed by atoms with E-state index in [4.69, 9.17) is 17.3 Å². The van der Waals surface area contributed by atoms with Crippen LogP contribution in [0.5, 0.6) is 0 Å². The smallest absolute Gasteiger partial charge is 0.219 e. The normalized spacial score (nSPS) is 15.9. The Labute approximate surface area is 110 Å². The van der Waals surface area contributed by atoms with Crippen LogP contribution in [0.4, 0.5) is 15.8 Å². The van der Waals surface area contributed by atoms with Gasteiger partial charge in [0.05, 0.1) is 10.7 Å². The fourth-order valence-electron chi connectivity index (χ4n) is 2.06. The Kier molecular flexibility index (Phi) is 3.61. The maximum atomic E-state index is 13.3. The number of rotatable bonds is 1. The van der Waals surface area contributed by atoms with Gasteiger partial charge in [0.1, 0.15) is 0 Å². The van der Waals surface area contributed by atoms with E-state index in [0.717, 1.165) is 5.69 Å². The molecule has 1 aliphatic rings. The van der Waals surface area contributed by atoms with Crippen LogP contribution in [0.25, 0.3) is 0 Å². The van der Waals surface area contributed by atoms with Crippen LogP contribution in [0.3, 0.4) is 0 Å². The average Bonchev–Trinajstić information content (AvgIpc) is 2.35. The molecule has 18 heavy (non-hydrogen) atoms. The molecule has 1 aromatic rings. The van der Waals surface area contributed by atoms with Gasteiger partial charge in [-0.1, -0.05) is 11.6 Å². The zero-order valence-electron chi connectivity index (χ0n) is 10.1. The van der Waals surface area contributed by atoms with Crippen LogP contribution in [-0.2, 0) is 4.79 Å². The summed E-state index contributed by atoms with van der Waals surface area (Å²) in [7, 11) is 0. The second-order valence-electron chi connectivity index (χ2n) is 4.32. The molecule has 98 valence electrons. The number of anilines is 2. The van der Waals surface area contributed by atoms with Crippen LogP contribution in [0.15, 0.2) is 12.1 Å². The lowest BCUT2D eigenvalue weighted by Crippen LogP contribution is -2.48. The molecule has 0 aliphatic carbocycles. The number of nitrogen functional groups attached to an aromatic ring is 1. The van der Waals surface area contributed by atoms with E-state index in [1.807, 2.05) is 4.90 Å². The standard InChI is InChI=1S/C12H15ClFN3O/c1-8(18)16-2-4-17(5-3-16)9-6-10(13)12(14)11(15)7-9/h6-7H,2-5,15H2,1H3. The van der Waals surface area contributed by atoms with Crippen LogP contribution in [-0.4, -0.2) is 37.0 Å². The summed E-state index contributed by atoms with van der Waals surface area (Å²) in [5.41, 5.74) is 6.39. The molecule has 1 aromatic carbocycles. The molecule has 6 heteroatoms. The summed E-state index contributed by atoms with van der Waals surface area (Å²) >= 11 is 5.77. The van der Waals surface area contributed by atoms with Crippen molar-refractivity contribution in [2.45, 2.75) is 6.92 Å². The van der Waals surface area contributed by atoms with Gasteiger partial charge in [-0.3, -0.25) is 4.79 Å². The molecule has 2 rings (SSSR count). The molecular weight excluding hydrogens is 257 g/mol. The van der Waals surface area contributed by atoms with Crippen LogP contribution >= 0.6 is 11.6 Å². The Morgan fingerprint density at radius 3 is 2.44 bits per heavy atom. The quantitative estimate of drug-likeness (QED) is 0.792. The van der Waals surface area contributed by atoms with Gasteiger partial charge in [0, 0.05) is 38.8 Å². The summed E-state index contributed by atoms with van der Waals surface area (Å²) < 4.78 is 13.3. The fourth-order valence-corrected chi connectivity index (χ4v) is 2.28. The van der Waals surface area contributed by atoms with Crippen molar-refractivity contribution in [2.75, 3.05) is 36.8 Å². The largest absolute Gasteiger partial charge is 0.396 e. The van der Waals surface area contributed by atoms with Gasteiger partial charge in [-0.05, 0) is 12.1 Å². The van der Waals surface area contributed by atoms with Gasteiger partial charge < -0.3 is 15.5 Å². The molecule has 0 aromatic heterocycles. The molecule has 0 atom stereocenters. The Morgan fingerprint density at radius 1 is 1.33 bits per heavy atom. The molecule has 0 unspecified atom stereocenters. The molecule has 1 heterocycles. The maximum absolute atomic E-state index is 13.3. The van der Waals surface area contributed by atoms with Crippen molar-refractivity contribution in [1.82, 2.24) is 4.90 Å². The molecule has 1 fully saturated rings. The van der Waals surface area contributed by atoms with Gasteiger partial charge in [-0.2, -0.15) is 0 Å². The van der Waals surface area contributed by atoms with E-state index < -0.39 is 5.82 Å². The highest BCUT2D eigenvalue weighted by molar-refractivity contribution is 6.31. The summed E-state index contributed by atoms with van der Waals surface area (Å²) in [6.07, 6.45) is 0. The Balaban J connectivity index is 2.12. The summed E-state index contributed by atoms with van der Waals surface area (Å²) in [6, 6.07) is 3.14. The minimum absolute atomic E-state index is 0.0268. The highest BCUT2D eigenvalue weighted by Crippen LogP contribution is 2.28. The van der Waals surface area contributed by atoms with Gasteiger partial charge >= 0.3 is 0 Å². The molecule has 0 saturated carbocycles. The second kappa shape index (κ2) is 5.02. The second-order valence-corrected chi connectivity index (χ2v) is 4.73. The predicted molar refractivity (Wildman–Crippen MR) is 70.3 cm³/mol. The van der Waals surface area contributed by atoms with Gasteiger partial charge in [-0.15, -0.1) is 0 Å². The van der Waals surface area contributed by atoms with Crippen molar-refractivity contribution in [1.29, 1.82) is 0 Å². The van der Waals surface area contributed by atoms with E-state index in [2.05, 4.69) is 0 Å². The van der Waals surface area contributed by atoms with Crippen molar-refractivity contribution in [3.63, 3.8) is 0 Å². The molecule has 0 bridgehead atoms. The number of carbonyl (C=O) groups is 1. The van der Waals surface area contributed by atoms with Crippen molar-refractivity contribution >= 4 is 28.9 Å². The molecule has 1 aliphatic heterocycles. The van der Waals surface area contributed by atoms with Crippen molar-refractivity contribution in [3.8, 4) is 0 Å². The third-order valence-corrected chi connectivity index (χ3v) is 3.41. The number of benzene rings is 1. The molecule has 1 saturated heterocycles. The molecule has 1 amide bonds. The molecule has 2 N–H and O–H groups in total. The molecule has 0 spiro atoms. The number of amides is 1. The first-order valence-electron chi connectivity index (χ1n) is 5.74. The number of hydrogen-bond acceptors (Lipinski definition) is 3. The summed E-state index contributed by atoms with van der Waals surface area (Å²) in [6.45, 7) is 4.26.